The van der Waals surface area contributed by atoms with Crippen LogP contribution in [0.1, 0.15) is 36.6 Å². The summed E-state index contributed by atoms with van der Waals surface area (Å²) in [7, 11) is 0. The van der Waals surface area contributed by atoms with Gasteiger partial charge in [0, 0.05) is 18.1 Å². The fraction of sp³-hybridized carbons (Fsp3) is 0.214. The van der Waals surface area contributed by atoms with Crippen molar-refractivity contribution in [3.63, 3.8) is 0 Å². The number of aromatic nitrogens is 3. The number of para-hydroxylation sites is 1. The normalized spacial score (nSPS) is 21.0. The van der Waals surface area contributed by atoms with Gasteiger partial charge in [0.1, 0.15) is 12.0 Å². The quantitative estimate of drug-likeness (QED) is 0.257. The topological polar surface area (TPSA) is 69.6 Å². The molecular formula is C28H24F3N6OS+. The van der Waals surface area contributed by atoms with Gasteiger partial charge in [-0.2, -0.15) is 17.7 Å². The van der Waals surface area contributed by atoms with Crippen molar-refractivity contribution in [3.05, 3.63) is 95.8 Å². The number of hydrogen-bond donors (Lipinski definition) is 1. The maximum absolute atomic E-state index is 12.8. The van der Waals surface area contributed by atoms with Crippen molar-refractivity contribution in [2.24, 2.45) is 5.10 Å². The monoisotopic (exact) mass is 549 g/mol. The molecule has 0 radical (unpaired) electrons. The van der Waals surface area contributed by atoms with Gasteiger partial charge in [-0.1, -0.05) is 47.6 Å². The second-order valence-corrected chi connectivity index (χ2v) is 10.6. The largest absolute Gasteiger partial charge is 0.416 e. The summed E-state index contributed by atoms with van der Waals surface area (Å²) in [6.45, 7) is 3.91. The number of alkyl halides is 3. The van der Waals surface area contributed by atoms with Gasteiger partial charge in [0.2, 0.25) is 5.72 Å². The van der Waals surface area contributed by atoms with Gasteiger partial charge in [-0.25, -0.2) is 9.67 Å². The second kappa shape index (κ2) is 9.35. The van der Waals surface area contributed by atoms with E-state index in [4.69, 9.17) is 5.10 Å². The van der Waals surface area contributed by atoms with Gasteiger partial charge in [0.15, 0.2) is 11.9 Å². The number of benzene rings is 3. The molecule has 0 fully saturated rings. The molecule has 3 aromatic carbocycles. The molecule has 2 unspecified atom stereocenters. The van der Waals surface area contributed by atoms with Gasteiger partial charge in [0.25, 0.3) is 0 Å². The highest BCUT2D eigenvalue weighted by Gasteiger charge is 2.50. The highest BCUT2D eigenvalue weighted by atomic mass is 32.2. The van der Waals surface area contributed by atoms with Crippen LogP contribution in [-0.4, -0.2) is 52.3 Å². The molecule has 11 heteroatoms. The highest BCUT2D eigenvalue weighted by Crippen LogP contribution is 2.43. The highest BCUT2D eigenvalue weighted by molar-refractivity contribution is 8.13. The zero-order valence-corrected chi connectivity index (χ0v) is 21.9. The predicted octanol–water partition coefficient (Wildman–Crippen LogP) is 5.82. The minimum atomic E-state index is -4.39. The van der Waals surface area contributed by atoms with Crippen LogP contribution < -0.4 is 0 Å². The second-order valence-electron chi connectivity index (χ2n) is 9.63. The predicted molar refractivity (Wildman–Crippen MR) is 144 cm³/mol. The number of amidine groups is 1. The van der Waals surface area contributed by atoms with Crippen LogP contribution in [0.15, 0.2) is 84.2 Å². The van der Waals surface area contributed by atoms with E-state index in [1.807, 2.05) is 59.0 Å². The van der Waals surface area contributed by atoms with Crippen molar-refractivity contribution < 1.29 is 22.9 Å². The molecule has 7 nitrogen and oxygen atoms in total. The maximum atomic E-state index is 12.8. The molecule has 2 aliphatic rings. The van der Waals surface area contributed by atoms with Crippen LogP contribution in [0.3, 0.4) is 0 Å². The number of hydrazone groups is 1. The fourth-order valence-electron chi connectivity index (χ4n) is 4.73. The van der Waals surface area contributed by atoms with Gasteiger partial charge < -0.3 is 5.11 Å². The van der Waals surface area contributed by atoms with Gasteiger partial charge in [-0.3, -0.25) is 0 Å². The number of fused-ring (bicyclic) bond motifs is 2. The Morgan fingerprint density at radius 3 is 2.51 bits per heavy atom. The minimum absolute atomic E-state index is 0.0114. The lowest BCUT2D eigenvalue weighted by molar-refractivity contribution is -0.581. The molecule has 3 heterocycles. The zero-order chi connectivity index (χ0) is 27.4. The third kappa shape index (κ3) is 4.61. The van der Waals surface area contributed by atoms with E-state index in [0.717, 1.165) is 39.7 Å². The molecule has 2 atom stereocenters. The Morgan fingerprint density at radius 1 is 1.08 bits per heavy atom. The number of halogens is 3. The van der Waals surface area contributed by atoms with Gasteiger partial charge in [0.05, 0.1) is 23.2 Å². The minimum Gasteiger partial charge on any atom is -0.352 e. The number of rotatable bonds is 4. The lowest BCUT2D eigenvalue weighted by Crippen LogP contribution is -2.43. The smallest absolute Gasteiger partial charge is 0.352 e. The molecule has 39 heavy (non-hydrogen) atoms. The first-order chi connectivity index (χ1) is 18.6. The van der Waals surface area contributed by atoms with Crippen LogP contribution >= 0.6 is 11.8 Å². The van der Waals surface area contributed by atoms with E-state index in [1.54, 1.807) is 18.0 Å². The number of thioether (sulfide) groups is 1. The van der Waals surface area contributed by atoms with E-state index >= 15 is 0 Å². The first kappa shape index (κ1) is 25.3. The molecule has 2 aliphatic heterocycles. The average molecular weight is 550 g/mol. The summed E-state index contributed by atoms with van der Waals surface area (Å²) in [4.78, 5) is 4.32. The van der Waals surface area contributed by atoms with Crippen molar-refractivity contribution in [1.29, 1.82) is 0 Å². The van der Waals surface area contributed by atoms with Crippen LogP contribution in [0, 0.1) is 0 Å². The van der Waals surface area contributed by atoms with Crippen LogP contribution in [-0.2, 0) is 6.18 Å². The number of hydrogen-bond acceptors (Lipinski definition) is 6. The standard InChI is InChI=1S/C28H24F3N6OS/c1-18-23-5-3-4-6-24(23)36-26(39-16-27(36,2)38)37(18)33-15-19-7-9-20(10-8-19)25-32-17-35(34-25)22-13-11-21(12-14-22)28(29,30)31/h3-15,17-18,38H,16H2,1-2H3/q+1. The fourth-order valence-corrected chi connectivity index (χ4v) is 6.02. The molecule has 0 saturated heterocycles. The van der Waals surface area contributed by atoms with Crippen LogP contribution in [0.25, 0.3) is 17.1 Å². The van der Waals surface area contributed by atoms with Gasteiger partial charge in [-0.15, -0.1) is 10.1 Å². The van der Waals surface area contributed by atoms with Crippen LogP contribution in [0.2, 0.25) is 0 Å². The zero-order valence-electron chi connectivity index (χ0n) is 21.0. The van der Waals surface area contributed by atoms with Gasteiger partial charge in [-0.05, 0) is 54.6 Å². The molecule has 1 N–H and O–H groups in total. The summed E-state index contributed by atoms with van der Waals surface area (Å²) in [5.41, 5.74) is 2.48. The molecule has 0 aliphatic carbocycles. The summed E-state index contributed by atoms with van der Waals surface area (Å²) in [6.07, 6.45) is -1.14. The summed E-state index contributed by atoms with van der Waals surface area (Å²) >= 11 is 1.58. The molecule has 0 spiro atoms. The third-order valence-corrected chi connectivity index (χ3v) is 8.11. The maximum Gasteiger partial charge on any atom is 0.416 e. The van der Waals surface area contributed by atoms with Crippen molar-refractivity contribution in [2.45, 2.75) is 31.8 Å². The van der Waals surface area contributed by atoms with Crippen LogP contribution in [0.4, 0.5) is 18.9 Å². The molecule has 198 valence electrons. The molecule has 0 saturated carbocycles. The van der Waals surface area contributed by atoms with Crippen molar-refractivity contribution in [2.75, 3.05) is 5.75 Å². The van der Waals surface area contributed by atoms with E-state index in [2.05, 4.69) is 23.1 Å². The average Bonchev–Trinajstić information content (AvgIpc) is 3.53. The summed E-state index contributed by atoms with van der Waals surface area (Å²) in [5, 5.41) is 23.1. The Hall–Kier alpha value is -3.96. The molecule has 0 bridgehead atoms. The Labute approximate surface area is 226 Å². The summed E-state index contributed by atoms with van der Waals surface area (Å²) in [5.74, 6) is 0.992. The van der Waals surface area contributed by atoms with Crippen molar-refractivity contribution >= 4 is 28.8 Å². The summed E-state index contributed by atoms with van der Waals surface area (Å²) < 4.78 is 41.9. The molecule has 0 amide bonds. The summed E-state index contributed by atoms with van der Waals surface area (Å²) in [6, 6.07) is 20.4. The Balaban J connectivity index is 1.22. The van der Waals surface area contributed by atoms with Crippen molar-refractivity contribution in [1.82, 2.24) is 19.8 Å². The first-order valence-electron chi connectivity index (χ1n) is 12.3. The van der Waals surface area contributed by atoms with E-state index in [9.17, 15) is 18.3 Å². The van der Waals surface area contributed by atoms with E-state index in [-0.39, 0.29) is 6.04 Å². The molecule has 4 aromatic rings. The van der Waals surface area contributed by atoms with E-state index < -0.39 is 17.5 Å². The Morgan fingerprint density at radius 2 is 1.79 bits per heavy atom. The lowest BCUT2D eigenvalue weighted by Gasteiger charge is -2.29. The third-order valence-electron chi connectivity index (χ3n) is 6.79. The first-order valence-corrected chi connectivity index (χ1v) is 13.2. The number of aliphatic hydroxyl groups is 1. The molecule has 6 rings (SSSR count). The van der Waals surface area contributed by atoms with Crippen LogP contribution in [0.5, 0.6) is 0 Å². The Bertz CT molecular complexity index is 1590. The van der Waals surface area contributed by atoms with Gasteiger partial charge >= 0.3 is 11.3 Å². The lowest BCUT2D eigenvalue weighted by atomic mass is 10.0. The van der Waals surface area contributed by atoms with E-state index in [1.165, 1.54) is 23.1 Å². The molecular weight excluding hydrogens is 525 g/mol. The number of nitrogens with zero attached hydrogens (tertiary/aromatic N) is 6. The Kier molecular flexibility index (Phi) is 6.07. The van der Waals surface area contributed by atoms with E-state index in [0.29, 0.717) is 17.3 Å². The van der Waals surface area contributed by atoms with Crippen molar-refractivity contribution in [3.8, 4) is 17.1 Å². The SMILES string of the molecule is CC1c2ccccc2[N+]2=C(SCC2(C)O)N1N=Cc1ccc(-c2ncn(-c3ccc(C(F)(F)F)cc3)n2)cc1. The molecule has 1 aromatic heterocycles.